The molecule has 0 spiro atoms. The van der Waals surface area contributed by atoms with Gasteiger partial charge in [0.15, 0.2) is 0 Å². The summed E-state index contributed by atoms with van der Waals surface area (Å²) in [5.74, 6) is -0.411. The zero-order valence-electron chi connectivity index (χ0n) is 8.50. The van der Waals surface area contributed by atoms with Crippen LogP contribution in [-0.4, -0.2) is 42.6 Å². The van der Waals surface area contributed by atoms with E-state index >= 15 is 0 Å². The molecule has 0 aromatic carbocycles. The van der Waals surface area contributed by atoms with Crippen molar-refractivity contribution in [1.29, 1.82) is 0 Å². The van der Waals surface area contributed by atoms with Crippen LogP contribution in [0.25, 0.3) is 0 Å². The fraction of sp³-hybridized carbons (Fsp3) is 0.625. The molecule has 7 heteroatoms. The van der Waals surface area contributed by atoms with E-state index in [1.807, 2.05) is 0 Å². The first kappa shape index (κ1) is 13.2. The van der Waals surface area contributed by atoms with Crippen LogP contribution in [-0.2, 0) is 9.59 Å². The Morgan fingerprint density at radius 1 is 1.00 bits per heavy atom. The van der Waals surface area contributed by atoms with Gasteiger partial charge in [-0.25, -0.2) is 4.79 Å². The van der Waals surface area contributed by atoms with Gasteiger partial charge in [-0.15, -0.1) is 0 Å². The summed E-state index contributed by atoms with van der Waals surface area (Å²) in [5.41, 5.74) is 0. The van der Waals surface area contributed by atoms with Crippen molar-refractivity contribution in [2.45, 2.75) is 13.3 Å². The molecule has 4 N–H and O–H groups in total. The number of carbonyl (C=O) groups excluding carboxylic acids is 2. The van der Waals surface area contributed by atoms with E-state index in [0.29, 0.717) is 0 Å². The molecule has 0 aromatic heterocycles. The van der Waals surface area contributed by atoms with E-state index in [-0.39, 0.29) is 37.9 Å². The predicted octanol–water partition coefficient (Wildman–Crippen LogP) is -1.10. The van der Waals surface area contributed by atoms with Crippen molar-refractivity contribution in [2.75, 3.05) is 19.6 Å². The SMILES string of the molecule is CC(=O)NCCC(=O)NCCNC(=O)O. The Morgan fingerprint density at radius 3 is 2.13 bits per heavy atom. The van der Waals surface area contributed by atoms with Crippen LogP contribution in [0.5, 0.6) is 0 Å². The number of hydrogen-bond acceptors (Lipinski definition) is 3. The van der Waals surface area contributed by atoms with Crippen molar-refractivity contribution < 1.29 is 19.5 Å². The van der Waals surface area contributed by atoms with Crippen LogP contribution in [0.4, 0.5) is 4.79 Å². The highest BCUT2D eigenvalue weighted by Crippen LogP contribution is 1.76. The summed E-state index contributed by atoms with van der Waals surface area (Å²) in [6.07, 6.45) is -0.936. The minimum atomic E-state index is -1.12. The van der Waals surface area contributed by atoms with Gasteiger partial charge in [0.25, 0.3) is 0 Å². The molecule has 0 heterocycles. The molecule has 0 rings (SSSR count). The smallest absolute Gasteiger partial charge is 0.404 e. The van der Waals surface area contributed by atoms with Crippen molar-refractivity contribution in [1.82, 2.24) is 16.0 Å². The Balaban J connectivity index is 3.33. The monoisotopic (exact) mass is 217 g/mol. The van der Waals surface area contributed by atoms with Gasteiger partial charge in [0.2, 0.25) is 11.8 Å². The van der Waals surface area contributed by atoms with Crippen LogP contribution in [0.1, 0.15) is 13.3 Å². The van der Waals surface area contributed by atoms with Gasteiger partial charge in [0, 0.05) is 33.0 Å². The molecule has 0 saturated carbocycles. The number of amides is 3. The first-order chi connectivity index (χ1) is 7.02. The van der Waals surface area contributed by atoms with E-state index in [9.17, 15) is 14.4 Å². The summed E-state index contributed by atoms with van der Waals surface area (Å²) in [7, 11) is 0. The normalized spacial score (nSPS) is 9.13. The molecule has 0 aliphatic heterocycles. The van der Waals surface area contributed by atoms with Crippen molar-refractivity contribution >= 4 is 17.9 Å². The lowest BCUT2D eigenvalue weighted by Gasteiger charge is -2.05. The zero-order valence-corrected chi connectivity index (χ0v) is 8.50. The van der Waals surface area contributed by atoms with Crippen molar-refractivity contribution in [3.8, 4) is 0 Å². The topological polar surface area (TPSA) is 108 Å². The minimum absolute atomic E-state index is 0.168. The predicted molar refractivity (Wildman–Crippen MR) is 52.3 cm³/mol. The van der Waals surface area contributed by atoms with Crippen LogP contribution in [0.2, 0.25) is 0 Å². The van der Waals surface area contributed by atoms with Gasteiger partial charge < -0.3 is 21.1 Å². The Hall–Kier alpha value is -1.79. The molecule has 0 atom stereocenters. The van der Waals surface area contributed by atoms with E-state index in [0.717, 1.165) is 0 Å². The maximum absolute atomic E-state index is 11.0. The van der Waals surface area contributed by atoms with Crippen molar-refractivity contribution in [3.05, 3.63) is 0 Å². The minimum Gasteiger partial charge on any atom is -0.465 e. The molecule has 0 radical (unpaired) electrons. The van der Waals surface area contributed by atoms with E-state index in [2.05, 4.69) is 16.0 Å². The Labute approximate surface area is 87.2 Å². The second-order valence-corrected chi connectivity index (χ2v) is 2.81. The molecule has 86 valence electrons. The average molecular weight is 217 g/mol. The molecule has 0 fully saturated rings. The summed E-state index contributed by atoms with van der Waals surface area (Å²) >= 11 is 0. The van der Waals surface area contributed by atoms with Gasteiger partial charge in [-0.1, -0.05) is 0 Å². The maximum Gasteiger partial charge on any atom is 0.404 e. The zero-order chi connectivity index (χ0) is 11.7. The molecular weight excluding hydrogens is 202 g/mol. The van der Waals surface area contributed by atoms with E-state index < -0.39 is 6.09 Å². The lowest BCUT2D eigenvalue weighted by Crippen LogP contribution is -2.35. The highest BCUT2D eigenvalue weighted by atomic mass is 16.4. The fourth-order valence-corrected chi connectivity index (χ4v) is 0.812. The Morgan fingerprint density at radius 2 is 1.60 bits per heavy atom. The van der Waals surface area contributed by atoms with E-state index in [1.54, 1.807) is 0 Å². The highest BCUT2D eigenvalue weighted by Gasteiger charge is 2.00. The van der Waals surface area contributed by atoms with Crippen molar-refractivity contribution in [2.24, 2.45) is 0 Å². The number of hydrogen-bond donors (Lipinski definition) is 4. The van der Waals surface area contributed by atoms with Gasteiger partial charge in [-0.3, -0.25) is 9.59 Å². The van der Waals surface area contributed by atoms with E-state index in [1.165, 1.54) is 6.92 Å². The van der Waals surface area contributed by atoms with Gasteiger partial charge in [0.05, 0.1) is 0 Å². The van der Waals surface area contributed by atoms with Crippen LogP contribution in [0.3, 0.4) is 0 Å². The molecule has 15 heavy (non-hydrogen) atoms. The standard InChI is InChI=1S/C8H15N3O4/c1-6(12)9-3-2-7(13)10-4-5-11-8(14)15/h11H,2-5H2,1H3,(H,9,12)(H,10,13)(H,14,15). The molecule has 0 aliphatic rings. The third-order valence-electron chi connectivity index (χ3n) is 1.45. The highest BCUT2D eigenvalue weighted by molar-refractivity contribution is 5.77. The van der Waals surface area contributed by atoms with Crippen LogP contribution < -0.4 is 16.0 Å². The molecule has 0 bridgehead atoms. The summed E-state index contributed by atoms with van der Waals surface area (Å²) in [6, 6.07) is 0. The number of rotatable bonds is 6. The van der Waals surface area contributed by atoms with Gasteiger partial charge in [0.1, 0.15) is 0 Å². The number of nitrogens with one attached hydrogen (secondary N) is 3. The summed E-state index contributed by atoms with van der Waals surface area (Å²) < 4.78 is 0. The Kier molecular flexibility index (Phi) is 6.69. The third kappa shape index (κ3) is 10.1. The van der Waals surface area contributed by atoms with Crippen LogP contribution in [0.15, 0.2) is 0 Å². The quantitative estimate of drug-likeness (QED) is 0.423. The largest absolute Gasteiger partial charge is 0.465 e. The lowest BCUT2D eigenvalue weighted by atomic mass is 10.4. The summed E-state index contributed by atoms with van der Waals surface area (Å²) in [6.45, 7) is 2.06. The maximum atomic E-state index is 11.0. The second-order valence-electron chi connectivity index (χ2n) is 2.81. The van der Waals surface area contributed by atoms with Gasteiger partial charge >= 0.3 is 6.09 Å². The first-order valence-electron chi connectivity index (χ1n) is 4.50. The molecule has 0 aliphatic carbocycles. The number of carbonyl (C=O) groups is 3. The number of carboxylic acid groups (broad SMARTS) is 1. The van der Waals surface area contributed by atoms with Gasteiger partial charge in [-0.2, -0.15) is 0 Å². The van der Waals surface area contributed by atoms with Crippen LogP contribution in [0, 0.1) is 0 Å². The summed E-state index contributed by atoms with van der Waals surface area (Å²) in [4.78, 5) is 31.5. The van der Waals surface area contributed by atoms with E-state index in [4.69, 9.17) is 5.11 Å². The van der Waals surface area contributed by atoms with Crippen LogP contribution >= 0.6 is 0 Å². The Bertz CT molecular complexity index is 242. The molecule has 3 amide bonds. The molecule has 7 nitrogen and oxygen atoms in total. The van der Waals surface area contributed by atoms with Crippen molar-refractivity contribution in [3.63, 3.8) is 0 Å². The third-order valence-corrected chi connectivity index (χ3v) is 1.45. The second kappa shape index (κ2) is 7.60. The fourth-order valence-electron chi connectivity index (χ4n) is 0.812. The lowest BCUT2D eigenvalue weighted by molar-refractivity contribution is -0.121. The first-order valence-corrected chi connectivity index (χ1v) is 4.50. The summed E-state index contributed by atoms with van der Waals surface area (Å²) in [5, 5.41) is 15.3. The molecule has 0 unspecified atom stereocenters. The molecule has 0 aromatic rings. The average Bonchev–Trinajstić information content (AvgIpc) is 2.11. The molecule has 0 saturated heterocycles. The molecular formula is C8H15N3O4. The van der Waals surface area contributed by atoms with Gasteiger partial charge in [-0.05, 0) is 0 Å².